The molecular weight excluding hydrogens is 286 g/mol. The average molecular weight is 298 g/mol. The molecule has 0 fully saturated rings. The third-order valence-corrected chi connectivity index (χ3v) is 3.15. The molecule has 0 spiro atoms. The number of hydrogen-bond acceptors (Lipinski definition) is 3. The normalized spacial score (nSPS) is 12.9. The van der Waals surface area contributed by atoms with E-state index in [4.69, 9.17) is 5.11 Å². The van der Waals surface area contributed by atoms with Gasteiger partial charge in [-0.1, -0.05) is 15.9 Å². The highest BCUT2D eigenvalue weighted by Crippen LogP contribution is 2.21. The molecule has 2 N–H and O–H groups in total. The lowest BCUT2D eigenvalue weighted by atomic mass is 10.3. The van der Waals surface area contributed by atoms with Crippen molar-refractivity contribution >= 4 is 27.4 Å². The van der Waals surface area contributed by atoms with Crippen molar-refractivity contribution in [1.29, 1.82) is 0 Å². The minimum Gasteiger partial charge on any atom is -0.476 e. The zero-order valence-electron chi connectivity index (χ0n) is 9.44. The molecule has 1 atom stereocenters. The summed E-state index contributed by atoms with van der Waals surface area (Å²) in [7, 11) is 1.81. The van der Waals surface area contributed by atoms with Gasteiger partial charge in [-0.05, 0) is 26.1 Å². The van der Waals surface area contributed by atoms with Crippen molar-refractivity contribution in [3.63, 3.8) is 0 Å². The molecule has 2 heterocycles. The molecule has 0 aromatic carbocycles. The number of aromatic nitrogens is 2. The predicted molar refractivity (Wildman–Crippen MR) is 67.3 cm³/mol. The average Bonchev–Trinajstić information content (AvgIpc) is 2.66. The Hall–Kier alpha value is -1.40. The second-order valence-corrected chi connectivity index (χ2v) is 4.65. The van der Waals surface area contributed by atoms with Crippen LogP contribution in [0.3, 0.4) is 0 Å². The van der Waals surface area contributed by atoms with Crippen LogP contribution in [-0.4, -0.2) is 27.5 Å². The number of imidazole rings is 1. The molecule has 0 bridgehead atoms. The highest BCUT2D eigenvalue weighted by Gasteiger charge is 2.19. The molecule has 90 valence electrons. The van der Waals surface area contributed by atoms with E-state index in [9.17, 15) is 4.79 Å². The molecule has 1 unspecified atom stereocenters. The van der Waals surface area contributed by atoms with Gasteiger partial charge in [0.2, 0.25) is 0 Å². The van der Waals surface area contributed by atoms with Gasteiger partial charge in [-0.15, -0.1) is 0 Å². The maximum atomic E-state index is 11.1. The molecule has 0 saturated heterocycles. The van der Waals surface area contributed by atoms with E-state index in [1.165, 1.54) is 0 Å². The first kappa shape index (κ1) is 12.1. The van der Waals surface area contributed by atoms with E-state index in [0.717, 1.165) is 4.47 Å². The van der Waals surface area contributed by atoms with Crippen LogP contribution in [0.25, 0.3) is 5.52 Å². The van der Waals surface area contributed by atoms with Crippen LogP contribution in [0.2, 0.25) is 0 Å². The number of rotatable bonds is 3. The van der Waals surface area contributed by atoms with Gasteiger partial charge in [0.05, 0.1) is 11.6 Å². The van der Waals surface area contributed by atoms with Gasteiger partial charge in [0.15, 0.2) is 5.69 Å². The van der Waals surface area contributed by atoms with Crippen LogP contribution in [0, 0.1) is 0 Å². The van der Waals surface area contributed by atoms with Gasteiger partial charge >= 0.3 is 5.97 Å². The molecule has 0 radical (unpaired) electrons. The first-order valence-electron chi connectivity index (χ1n) is 5.12. The summed E-state index contributed by atoms with van der Waals surface area (Å²) in [6.45, 7) is 1.93. The van der Waals surface area contributed by atoms with Crippen LogP contribution in [0.4, 0.5) is 0 Å². The monoisotopic (exact) mass is 297 g/mol. The summed E-state index contributed by atoms with van der Waals surface area (Å²) in [5, 5.41) is 12.2. The highest BCUT2D eigenvalue weighted by molar-refractivity contribution is 9.10. The fraction of sp³-hybridized carbons (Fsp3) is 0.273. The van der Waals surface area contributed by atoms with Gasteiger partial charge in [0.1, 0.15) is 5.82 Å². The second kappa shape index (κ2) is 4.46. The Labute approximate surface area is 107 Å². The van der Waals surface area contributed by atoms with E-state index < -0.39 is 5.97 Å². The molecule has 5 nitrogen and oxygen atoms in total. The van der Waals surface area contributed by atoms with Crippen molar-refractivity contribution in [1.82, 2.24) is 14.7 Å². The van der Waals surface area contributed by atoms with Gasteiger partial charge in [0.25, 0.3) is 0 Å². The number of carbonyl (C=O) groups is 1. The number of halogens is 1. The Bertz CT molecular complexity index is 579. The molecule has 0 amide bonds. The lowest BCUT2D eigenvalue weighted by Gasteiger charge is -2.08. The summed E-state index contributed by atoms with van der Waals surface area (Å²) in [4.78, 5) is 15.3. The van der Waals surface area contributed by atoms with Crippen molar-refractivity contribution in [2.24, 2.45) is 0 Å². The van der Waals surface area contributed by atoms with Crippen LogP contribution >= 0.6 is 15.9 Å². The molecule has 2 aromatic rings. The smallest absolute Gasteiger partial charge is 0.356 e. The Morgan fingerprint density at radius 1 is 1.65 bits per heavy atom. The second-order valence-electron chi connectivity index (χ2n) is 3.73. The van der Waals surface area contributed by atoms with Gasteiger partial charge in [-0.3, -0.25) is 0 Å². The van der Waals surface area contributed by atoms with Crippen LogP contribution in [0.15, 0.2) is 22.8 Å². The summed E-state index contributed by atoms with van der Waals surface area (Å²) in [6, 6.07) is 3.59. The maximum absolute atomic E-state index is 11.1. The fourth-order valence-electron chi connectivity index (χ4n) is 1.67. The van der Waals surface area contributed by atoms with Crippen molar-refractivity contribution < 1.29 is 9.90 Å². The lowest BCUT2D eigenvalue weighted by Crippen LogP contribution is -2.15. The standard InChI is InChI=1S/C11H12BrN3O2/c1-6(13-2)10-14-9(11(16)17)8-5-7(12)3-4-15(8)10/h3-6,13H,1-2H3,(H,16,17). The number of pyridine rings is 1. The summed E-state index contributed by atoms with van der Waals surface area (Å²) in [5.74, 6) is -0.331. The van der Waals surface area contributed by atoms with E-state index in [0.29, 0.717) is 11.3 Å². The summed E-state index contributed by atoms with van der Waals surface area (Å²) < 4.78 is 2.62. The van der Waals surface area contributed by atoms with E-state index in [1.54, 1.807) is 10.5 Å². The van der Waals surface area contributed by atoms with E-state index in [-0.39, 0.29) is 11.7 Å². The highest BCUT2D eigenvalue weighted by atomic mass is 79.9. The molecular formula is C11H12BrN3O2. The van der Waals surface area contributed by atoms with Crippen molar-refractivity contribution in [3.8, 4) is 0 Å². The number of nitrogens with one attached hydrogen (secondary N) is 1. The summed E-state index contributed by atoms with van der Waals surface area (Å²) in [5.41, 5.74) is 0.660. The zero-order valence-corrected chi connectivity index (χ0v) is 11.0. The first-order chi connectivity index (χ1) is 8.04. The zero-order chi connectivity index (χ0) is 12.6. The Morgan fingerprint density at radius 2 is 2.35 bits per heavy atom. The molecule has 2 aromatic heterocycles. The lowest BCUT2D eigenvalue weighted by molar-refractivity contribution is 0.0693. The molecule has 2 rings (SSSR count). The fourth-order valence-corrected chi connectivity index (χ4v) is 2.01. The van der Waals surface area contributed by atoms with Crippen molar-refractivity contribution in [2.45, 2.75) is 13.0 Å². The molecule has 17 heavy (non-hydrogen) atoms. The minimum absolute atomic E-state index is 0.0169. The first-order valence-corrected chi connectivity index (χ1v) is 5.92. The molecule has 0 aliphatic rings. The van der Waals surface area contributed by atoms with Crippen molar-refractivity contribution in [3.05, 3.63) is 34.3 Å². The van der Waals surface area contributed by atoms with Gasteiger partial charge in [-0.25, -0.2) is 9.78 Å². The van der Waals surface area contributed by atoms with E-state index >= 15 is 0 Å². The number of nitrogens with zero attached hydrogens (tertiary/aromatic N) is 2. The molecule has 0 aliphatic carbocycles. The third kappa shape index (κ3) is 2.05. The number of carboxylic acids is 1. The molecule has 0 saturated carbocycles. The Morgan fingerprint density at radius 3 is 2.94 bits per heavy atom. The third-order valence-electron chi connectivity index (χ3n) is 2.66. The largest absolute Gasteiger partial charge is 0.476 e. The molecule has 0 aliphatic heterocycles. The number of carboxylic acid groups (broad SMARTS) is 1. The van der Waals surface area contributed by atoms with Gasteiger partial charge < -0.3 is 14.8 Å². The van der Waals surface area contributed by atoms with Crippen LogP contribution < -0.4 is 5.32 Å². The van der Waals surface area contributed by atoms with Gasteiger partial charge in [0, 0.05) is 10.7 Å². The topological polar surface area (TPSA) is 66.6 Å². The Balaban J connectivity index is 2.75. The minimum atomic E-state index is -1.02. The number of fused-ring (bicyclic) bond motifs is 1. The maximum Gasteiger partial charge on any atom is 0.356 e. The van der Waals surface area contributed by atoms with Crippen molar-refractivity contribution in [2.75, 3.05) is 7.05 Å². The molecule has 6 heteroatoms. The van der Waals surface area contributed by atoms with E-state index in [2.05, 4.69) is 26.2 Å². The van der Waals surface area contributed by atoms with Crippen LogP contribution in [-0.2, 0) is 0 Å². The number of hydrogen-bond donors (Lipinski definition) is 2. The summed E-state index contributed by atoms with van der Waals surface area (Å²) >= 11 is 3.33. The van der Waals surface area contributed by atoms with E-state index in [1.807, 2.05) is 26.2 Å². The van der Waals surface area contributed by atoms with Crippen LogP contribution in [0.5, 0.6) is 0 Å². The Kier molecular flexibility index (Phi) is 3.17. The van der Waals surface area contributed by atoms with Crippen LogP contribution in [0.1, 0.15) is 29.3 Å². The SMILES string of the molecule is CNC(C)c1nc(C(=O)O)c2cc(Br)ccn12. The van der Waals surface area contributed by atoms with Gasteiger partial charge in [-0.2, -0.15) is 0 Å². The number of aromatic carboxylic acids is 1. The predicted octanol–water partition coefficient (Wildman–Crippen LogP) is 2.08. The summed E-state index contributed by atoms with van der Waals surface area (Å²) in [6.07, 6.45) is 1.81. The quantitative estimate of drug-likeness (QED) is 0.910.